The molecule has 0 heterocycles. The fraction of sp³-hybridized carbons (Fsp3) is 0.250. The van der Waals surface area contributed by atoms with E-state index in [0.29, 0.717) is 6.61 Å². The van der Waals surface area contributed by atoms with Crippen molar-refractivity contribution < 1.29 is 13.2 Å². The Morgan fingerprint density at radius 3 is 2.69 bits per heavy atom. The fourth-order valence-electron chi connectivity index (χ4n) is 0.979. The van der Waals surface area contributed by atoms with Crippen LogP contribution in [0, 0.1) is 0 Å². The summed E-state index contributed by atoms with van der Waals surface area (Å²) < 4.78 is 26.7. The molecule has 0 fully saturated rings. The standard InChI is InChI=1S/C8H11NO3S/c1-12-6-7-3-2-4-8(5-7)13(9,10)11/h2-5H,6H2,1H3,(H2,9,10,11). The first kappa shape index (κ1) is 10.2. The van der Waals surface area contributed by atoms with Crippen molar-refractivity contribution in [3.8, 4) is 0 Å². The van der Waals surface area contributed by atoms with Gasteiger partial charge in [0.05, 0.1) is 11.5 Å². The highest BCUT2D eigenvalue weighted by Crippen LogP contribution is 2.09. The van der Waals surface area contributed by atoms with E-state index in [9.17, 15) is 8.42 Å². The number of rotatable bonds is 3. The molecule has 0 aliphatic rings. The van der Waals surface area contributed by atoms with Crippen molar-refractivity contribution in [1.82, 2.24) is 0 Å². The van der Waals surface area contributed by atoms with E-state index >= 15 is 0 Å². The van der Waals surface area contributed by atoms with Gasteiger partial charge in [0.15, 0.2) is 0 Å². The molecule has 2 N–H and O–H groups in total. The molecule has 0 bridgehead atoms. The average Bonchev–Trinajstić information content (AvgIpc) is 2.04. The molecule has 1 aromatic rings. The molecule has 0 atom stereocenters. The van der Waals surface area contributed by atoms with Crippen LogP contribution in [0.2, 0.25) is 0 Å². The van der Waals surface area contributed by atoms with Crippen LogP contribution in [0.25, 0.3) is 0 Å². The van der Waals surface area contributed by atoms with E-state index in [0.717, 1.165) is 5.56 Å². The van der Waals surface area contributed by atoms with Gasteiger partial charge in [0.1, 0.15) is 0 Å². The fourth-order valence-corrected chi connectivity index (χ4v) is 1.56. The van der Waals surface area contributed by atoms with Gasteiger partial charge in [-0.05, 0) is 17.7 Å². The molecule has 0 saturated heterocycles. The highest BCUT2D eigenvalue weighted by atomic mass is 32.2. The number of primary sulfonamides is 1. The van der Waals surface area contributed by atoms with Gasteiger partial charge in [-0.3, -0.25) is 0 Å². The van der Waals surface area contributed by atoms with Crippen molar-refractivity contribution in [2.24, 2.45) is 5.14 Å². The predicted octanol–water partition coefficient (Wildman–Crippen LogP) is 0.480. The maximum absolute atomic E-state index is 10.9. The number of nitrogens with two attached hydrogens (primary N) is 1. The van der Waals surface area contributed by atoms with Crippen LogP contribution in [-0.2, 0) is 21.4 Å². The minimum absolute atomic E-state index is 0.113. The molecule has 0 radical (unpaired) electrons. The maximum Gasteiger partial charge on any atom is 0.238 e. The van der Waals surface area contributed by atoms with Gasteiger partial charge in [0.2, 0.25) is 10.0 Å². The molecule has 0 aromatic heterocycles. The normalized spacial score (nSPS) is 11.5. The molecular formula is C8H11NO3S. The zero-order valence-electron chi connectivity index (χ0n) is 7.23. The lowest BCUT2D eigenvalue weighted by molar-refractivity contribution is 0.184. The van der Waals surface area contributed by atoms with Gasteiger partial charge in [-0.25, -0.2) is 13.6 Å². The third-order valence-electron chi connectivity index (χ3n) is 1.54. The van der Waals surface area contributed by atoms with E-state index in [-0.39, 0.29) is 4.90 Å². The van der Waals surface area contributed by atoms with E-state index in [1.165, 1.54) is 12.1 Å². The summed E-state index contributed by atoms with van der Waals surface area (Å²) in [5.41, 5.74) is 0.786. The molecule has 0 unspecified atom stereocenters. The van der Waals surface area contributed by atoms with E-state index in [1.807, 2.05) is 0 Å². The summed E-state index contributed by atoms with van der Waals surface area (Å²) in [5, 5.41) is 4.95. The third-order valence-corrected chi connectivity index (χ3v) is 2.45. The highest BCUT2D eigenvalue weighted by Gasteiger charge is 2.07. The van der Waals surface area contributed by atoms with Crippen molar-refractivity contribution in [3.63, 3.8) is 0 Å². The number of methoxy groups -OCH3 is 1. The second-order valence-corrected chi connectivity index (χ2v) is 4.19. The Morgan fingerprint density at radius 1 is 1.46 bits per heavy atom. The Labute approximate surface area is 77.4 Å². The summed E-state index contributed by atoms with van der Waals surface area (Å²) in [6, 6.07) is 6.36. The van der Waals surface area contributed by atoms with E-state index in [2.05, 4.69) is 0 Å². The number of hydrogen-bond acceptors (Lipinski definition) is 3. The van der Waals surface area contributed by atoms with Crippen LogP contribution in [0.5, 0.6) is 0 Å². The first-order chi connectivity index (χ1) is 6.04. The minimum Gasteiger partial charge on any atom is -0.380 e. The van der Waals surface area contributed by atoms with Crippen LogP contribution in [0.4, 0.5) is 0 Å². The van der Waals surface area contributed by atoms with Crippen LogP contribution in [0.1, 0.15) is 5.56 Å². The molecule has 1 rings (SSSR count). The topological polar surface area (TPSA) is 69.4 Å². The van der Waals surface area contributed by atoms with Crippen LogP contribution in [0.15, 0.2) is 29.2 Å². The molecule has 0 spiro atoms. The molecule has 5 heteroatoms. The summed E-state index contributed by atoms with van der Waals surface area (Å²) >= 11 is 0. The van der Waals surface area contributed by atoms with Gasteiger partial charge in [-0.2, -0.15) is 0 Å². The van der Waals surface area contributed by atoms with E-state index in [1.54, 1.807) is 19.2 Å². The second kappa shape index (κ2) is 3.87. The van der Waals surface area contributed by atoms with Gasteiger partial charge in [0, 0.05) is 7.11 Å². The molecule has 72 valence electrons. The molecule has 0 aliphatic heterocycles. The van der Waals surface area contributed by atoms with Crippen molar-refractivity contribution in [3.05, 3.63) is 29.8 Å². The summed E-state index contributed by atoms with van der Waals surface area (Å²) in [5.74, 6) is 0. The van der Waals surface area contributed by atoms with E-state index < -0.39 is 10.0 Å². The third kappa shape index (κ3) is 2.80. The first-order valence-corrected chi connectivity index (χ1v) is 5.19. The highest BCUT2D eigenvalue weighted by molar-refractivity contribution is 7.89. The number of benzene rings is 1. The van der Waals surface area contributed by atoms with Crippen molar-refractivity contribution in [1.29, 1.82) is 0 Å². The lowest BCUT2D eigenvalue weighted by Crippen LogP contribution is -2.12. The van der Waals surface area contributed by atoms with Crippen molar-refractivity contribution in [2.45, 2.75) is 11.5 Å². The van der Waals surface area contributed by atoms with Crippen LogP contribution in [0.3, 0.4) is 0 Å². The number of sulfonamides is 1. The maximum atomic E-state index is 10.9. The number of ether oxygens (including phenoxy) is 1. The Morgan fingerprint density at radius 2 is 2.15 bits per heavy atom. The Kier molecular flexibility index (Phi) is 3.02. The lowest BCUT2D eigenvalue weighted by Gasteiger charge is -2.01. The molecule has 1 aromatic carbocycles. The summed E-state index contributed by atoms with van der Waals surface area (Å²) in [4.78, 5) is 0.113. The lowest BCUT2D eigenvalue weighted by atomic mass is 10.2. The average molecular weight is 201 g/mol. The van der Waals surface area contributed by atoms with Gasteiger partial charge in [-0.1, -0.05) is 12.1 Å². The Hall–Kier alpha value is -0.910. The van der Waals surface area contributed by atoms with E-state index in [4.69, 9.17) is 9.88 Å². The van der Waals surface area contributed by atoms with Crippen LogP contribution in [-0.4, -0.2) is 15.5 Å². The zero-order chi connectivity index (χ0) is 9.90. The van der Waals surface area contributed by atoms with Crippen LogP contribution >= 0.6 is 0 Å². The first-order valence-electron chi connectivity index (χ1n) is 3.65. The summed E-state index contributed by atoms with van der Waals surface area (Å²) in [7, 11) is -2.05. The molecule has 4 nitrogen and oxygen atoms in total. The number of hydrogen-bond donors (Lipinski definition) is 1. The zero-order valence-corrected chi connectivity index (χ0v) is 8.04. The molecule has 0 saturated carbocycles. The molecular weight excluding hydrogens is 190 g/mol. The van der Waals surface area contributed by atoms with Gasteiger partial charge in [-0.15, -0.1) is 0 Å². The molecule has 13 heavy (non-hydrogen) atoms. The summed E-state index contributed by atoms with van der Waals surface area (Å²) in [6.07, 6.45) is 0. The van der Waals surface area contributed by atoms with Gasteiger partial charge >= 0.3 is 0 Å². The Balaban J connectivity index is 3.06. The van der Waals surface area contributed by atoms with Gasteiger partial charge in [0.25, 0.3) is 0 Å². The molecule has 0 amide bonds. The SMILES string of the molecule is COCc1cccc(S(N)(=O)=O)c1. The van der Waals surface area contributed by atoms with Crippen LogP contribution < -0.4 is 5.14 Å². The summed E-state index contributed by atoms with van der Waals surface area (Å²) in [6.45, 7) is 0.378. The largest absolute Gasteiger partial charge is 0.380 e. The van der Waals surface area contributed by atoms with Crippen molar-refractivity contribution >= 4 is 10.0 Å². The van der Waals surface area contributed by atoms with Gasteiger partial charge < -0.3 is 4.74 Å². The predicted molar refractivity (Wildman–Crippen MR) is 48.5 cm³/mol. The smallest absolute Gasteiger partial charge is 0.238 e. The van der Waals surface area contributed by atoms with Crippen molar-refractivity contribution in [2.75, 3.05) is 7.11 Å². The monoisotopic (exact) mass is 201 g/mol. The Bertz CT molecular complexity index is 386. The minimum atomic E-state index is -3.60. The molecule has 0 aliphatic carbocycles. The quantitative estimate of drug-likeness (QED) is 0.773. The second-order valence-electron chi connectivity index (χ2n) is 2.63.